The minimum atomic E-state index is -2.24. The maximum Gasteiger partial charge on any atom is 0.188 e. The first-order valence-electron chi connectivity index (χ1n) is 12.6. The fourth-order valence-electron chi connectivity index (χ4n) is 4.67. The van der Waals surface area contributed by atoms with Crippen molar-refractivity contribution in [1.29, 1.82) is 0 Å². The van der Waals surface area contributed by atoms with Crippen molar-refractivity contribution in [3.05, 3.63) is 118 Å². The highest BCUT2D eigenvalue weighted by Gasteiger charge is 2.38. The number of methoxy groups -OCH3 is 2. The third-order valence-electron chi connectivity index (χ3n) is 8.05. The molecule has 0 fully saturated rings. The van der Waals surface area contributed by atoms with Crippen LogP contribution in [-0.4, -0.2) is 27.3 Å². The summed E-state index contributed by atoms with van der Waals surface area (Å²) in [4.78, 5) is 10.6. The van der Waals surface area contributed by atoms with Crippen molar-refractivity contribution in [1.82, 2.24) is 0 Å². The maximum absolute atomic E-state index is 10.6. The average molecular weight is 578 g/mol. The molecule has 0 spiro atoms. The molecule has 194 valence electrons. The molecule has 0 heterocycles. The van der Waals surface area contributed by atoms with Gasteiger partial charge in [-0.1, -0.05) is 90.4 Å². The zero-order valence-electron chi connectivity index (χ0n) is 22.6. The predicted octanol–water partition coefficient (Wildman–Crippen LogP) is 8.15. The highest BCUT2D eigenvalue weighted by Crippen LogP contribution is 2.41. The topological polar surface area (TPSA) is 38.7 Å². The Morgan fingerprint density at radius 1 is 0.703 bits per heavy atom. The molecule has 0 aliphatic heterocycles. The summed E-state index contributed by atoms with van der Waals surface area (Å²) >= 11 is 3.51. The molecule has 37 heavy (non-hydrogen) atoms. The smallest absolute Gasteiger partial charge is 0.188 e. The minimum Gasteiger partial charge on any atom is -0.432 e. The second-order valence-corrected chi connectivity index (χ2v) is 16.4. The molecule has 0 saturated carbocycles. The van der Waals surface area contributed by atoms with Gasteiger partial charge >= 0.3 is 0 Å². The first kappa shape index (κ1) is 27.7. The lowest BCUT2D eigenvalue weighted by molar-refractivity contribution is 0.0421. The number of rotatable bonds is 8. The molecule has 1 aliphatic carbocycles. The monoisotopic (exact) mass is 576 g/mol. The van der Waals surface area contributed by atoms with Crippen LogP contribution in [0.1, 0.15) is 30.5 Å². The second kappa shape index (κ2) is 10.5. The van der Waals surface area contributed by atoms with Gasteiger partial charge in [-0.05, 0) is 88.8 Å². The van der Waals surface area contributed by atoms with Crippen LogP contribution in [0.5, 0.6) is 0 Å². The normalized spacial score (nSPS) is 21.8. The Morgan fingerprint density at radius 3 is 1.46 bits per heavy atom. The van der Waals surface area contributed by atoms with Gasteiger partial charge in [-0.3, -0.25) is 0 Å². The van der Waals surface area contributed by atoms with Crippen molar-refractivity contribution in [2.75, 3.05) is 14.2 Å². The highest BCUT2D eigenvalue weighted by atomic mass is 79.9. The molecule has 1 N–H and O–H groups in total. The zero-order chi connectivity index (χ0) is 26.9. The Labute approximate surface area is 231 Å². The SMILES string of the molecule is COC1(c2ccc(Br)cc2)C=CC(OC)(c2ccc(-c3ccc(CC(C)(C)[Si](C)(C)O)cc3)cc2)C=C1. The molecule has 0 bridgehead atoms. The third kappa shape index (κ3) is 5.62. The molecule has 3 aromatic carbocycles. The molecular weight excluding hydrogens is 540 g/mol. The van der Waals surface area contributed by atoms with Crippen molar-refractivity contribution < 1.29 is 14.3 Å². The third-order valence-corrected chi connectivity index (χ3v) is 12.1. The highest BCUT2D eigenvalue weighted by molar-refractivity contribution is 9.10. The van der Waals surface area contributed by atoms with Crippen LogP contribution in [0.4, 0.5) is 0 Å². The van der Waals surface area contributed by atoms with E-state index in [-0.39, 0.29) is 5.04 Å². The van der Waals surface area contributed by atoms with Crippen LogP contribution in [0.2, 0.25) is 18.1 Å². The molecular formula is C32H37BrO3Si. The first-order valence-corrected chi connectivity index (χ1v) is 16.4. The van der Waals surface area contributed by atoms with Gasteiger partial charge in [0.05, 0.1) is 0 Å². The summed E-state index contributed by atoms with van der Waals surface area (Å²) in [5.41, 5.74) is 4.40. The summed E-state index contributed by atoms with van der Waals surface area (Å²) in [6.07, 6.45) is 9.18. The number of ether oxygens (including phenoxy) is 2. The molecule has 5 heteroatoms. The van der Waals surface area contributed by atoms with Crippen LogP contribution < -0.4 is 0 Å². The van der Waals surface area contributed by atoms with Crippen molar-refractivity contribution >= 4 is 24.2 Å². The van der Waals surface area contributed by atoms with Crippen LogP contribution >= 0.6 is 15.9 Å². The van der Waals surface area contributed by atoms with E-state index in [1.165, 1.54) is 11.1 Å². The number of hydrogen-bond donors (Lipinski definition) is 1. The van der Waals surface area contributed by atoms with Crippen molar-refractivity contribution in [3.8, 4) is 11.1 Å². The van der Waals surface area contributed by atoms with Crippen molar-refractivity contribution in [2.24, 2.45) is 0 Å². The molecule has 4 rings (SSSR count). The van der Waals surface area contributed by atoms with Crippen LogP contribution in [0.3, 0.4) is 0 Å². The van der Waals surface area contributed by atoms with Crippen LogP contribution in [0.15, 0.2) is 102 Å². The van der Waals surface area contributed by atoms with E-state index in [1.807, 2.05) is 25.2 Å². The van der Waals surface area contributed by atoms with Gasteiger partial charge in [0.15, 0.2) is 8.32 Å². The lowest BCUT2D eigenvalue weighted by Crippen LogP contribution is -2.40. The minimum absolute atomic E-state index is 0.0799. The Bertz CT molecular complexity index is 1250. The van der Waals surface area contributed by atoms with Crippen LogP contribution in [0.25, 0.3) is 11.1 Å². The summed E-state index contributed by atoms with van der Waals surface area (Å²) in [6.45, 7) is 8.37. The fourth-order valence-corrected chi connectivity index (χ4v) is 5.58. The Morgan fingerprint density at radius 2 is 1.08 bits per heavy atom. The lowest BCUT2D eigenvalue weighted by atomic mass is 9.81. The summed E-state index contributed by atoms with van der Waals surface area (Å²) < 4.78 is 13.0. The molecule has 0 amide bonds. The number of hydrogen-bond acceptors (Lipinski definition) is 3. The number of halogens is 1. The van der Waals surface area contributed by atoms with E-state index in [0.29, 0.717) is 0 Å². The molecule has 0 saturated heterocycles. The molecule has 0 atom stereocenters. The fraction of sp³-hybridized carbons (Fsp3) is 0.312. The van der Waals surface area contributed by atoms with Crippen molar-refractivity contribution in [3.63, 3.8) is 0 Å². The molecule has 0 unspecified atom stereocenters. The zero-order valence-corrected chi connectivity index (χ0v) is 25.2. The van der Waals surface area contributed by atoms with Gasteiger partial charge in [0.2, 0.25) is 0 Å². The molecule has 3 nitrogen and oxygen atoms in total. The molecule has 3 aromatic rings. The Hall–Kier alpha value is -2.28. The quantitative estimate of drug-likeness (QED) is 0.217. The van der Waals surface area contributed by atoms with Crippen molar-refractivity contribution in [2.45, 2.75) is 49.6 Å². The Kier molecular flexibility index (Phi) is 7.85. The van der Waals surface area contributed by atoms with E-state index in [4.69, 9.17) is 9.47 Å². The van der Waals surface area contributed by atoms with E-state index in [1.54, 1.807) is 14.2 Å². The Balaban J connectivity index is 1.55. The molecule has 1 aliphatic rings. The molecule has 0 aromatic heterocycles. The predicted molar refractivity (Wildman–Crippen MR) is 159 cm³/mol. The van der Waals surface area contributed by atoms with Gasteiger partial charge in [0.1, 0.15) is 11.2 Å². The summed E-state index contributed by atoms with van der Waals surface area (Å²) in [7, 11) is 1.22. The standard InChI is InChI=1S/C32H37BrO3Si/c1-30(2,37(5,6)34)23-24-7-9-25(10-8-24)26-11-13-27(14-12-26)31(35-3)19-21-32(36-4,22-20-31)28-15-17-29(33)18-16-28/h7-22,34H,23H2,1-6H3. The van der Waals surface area contributed by atoms with Gasteiger partial charge in [-0.15, -0.1) is 0 Å². The summed E-state index contributed by atoms with van der Waals surface area (Å²) in [5, 5.41) is -0.0799. The largest absolute Gasteiger partial charge is 0.432 e. The summed E-state index contributed by atoms with van der Waals surface area (Å²) in [6, 6.07) is 25.4. The first-order chi connectivity index (χ1) is 17.4. The van der Waals surface area contributed by atoms with Crippen LogP contribution in [-0.2, 0) is 27.1 Å². The van der Waals surface area contributed by atoms with Gasteiger partial charge in [0.25, 0.3) is 0 Å². The second-order valence-electron chi connectivity index (χ2n) is 11.1. The van der Waals surface area contributed by atoms with Gasteiger partial charge in [0, 0.05) is 18.7 Å². The van der Waals surface area contributed by atoms with Gasteiger partial charge < -0.3 is 14.3 Å². The summed E-state index contributed by atoms with van der Waals surface area (Å²) in [5.74, 6) is 0. The maximum atomic E-state index is 10.6. The van der Waals surface area contributed by atoms with Gasteiger partial charge in [-0.25, -0.2) is 0 Å². The van der Waals surface area contributed by atoms with E-state index in [0.717, 1.165) is 27.6 Å². The van der Waals surface area contributed by atoms with E-state index in [9.17, 15) is 4.80 Å². The average Bonchev–Trinajstić information content (AvgIpc) is 2.89. The lowest BCUT2D eigenvalue weighted by Gasteiger charge is -2.36. The molecule has 0 radical (unpaired) electrons. The van der Waals surface area contributed by atoms with E-state index < -0.39 is 19.5 Å². The van der Waals surface area contributed by atoms with E-state index in [2.05, 4.69) is 115 Å². The van der Waals surface area contributed by atoms with Crippen LogP contribution in [0, 0.1) is 0 Å². The van der Waals surface area contributed by atoms with E-state index >= 15 is 0 Å². The van der Waals surface area contributed by atoms with Gasteiger partial charge in [-0.2, -0.15) is 0 Å². The number of benzene rings is 3.